The number of carbonyl (C=O) groups excluding carboxylic acids is 1. The summed E-state index contributed by atoms with van der Waals surface area (Å²) >= 11 is 0.897. The Hall–Kier alpha value is -1.11. The number of guanidine groups is 1. The van der Waals surface area contributed by atoms with Gasteiger partial charge >= 0.3 is 6.18 Å². The van der Waals surface area contributed by atoms with E-state index in [4.69, 9.17) is 5.73 Å². The molecule has 0 fully saturated rings. The first-order valence-electron chi connectivity index (χ1n) is 6.90. The number of halogens is 4. The van der Waals surface area contributed by atoms with E-state index in [-0.39, 0.29) is 42.1 Å². The topological polar surface area (TPSA) is 92.4 Å². The lowest BCUT2D eigenvalue weighted by molar-refractivity contribution is -0.140. The maximum atomic E-state index is 12.5. The number of nitrogens with two attached hydrogens (primary N) is 1. The second-order valence-corrected chi connectivity index (χ2v) is 6.36. The minimum Gasteiger partial charge on any atom is -0.369 e. The summed E-state index contributed by atoms with van der Waals surface area (Å²) in [6, 6.07) is 0. The summed E-state index contributed by atoms with van der Waals surface area (Å²) in [6.45, 7) is 6.04. The predicted octanol–water partition coefficient (Wildman–Crippen LogP) is 2.35. The van der Waals surface area contributed by atoms with Crippen LogP contribution < -0.4 is 16.4 Å². The minimum atomic E-state index is -4.45. The summed E-state index contributed by atoms with van der Waals surface area (Å²) in [6.07, 6.45) is -4.45. The van der Waals surface area contributed by atoms with Crippen LogP contribution in [0.25, 0.3) is 0 Å². The summed E-state index contributed by atoms with van der Waals surface area (Å²) < 4.78 is 37.5. The number of amides is 1. The second-order valence-electron chi connectivity index (χ2n) is 5.42. The third-order valence-electron chi connectivity index (χ3n) is 2.92. The van der Waals surface area contributed by atoms with Crippen LogP contribution in [-0.4, -0.2) is 29.9 Å². The van der Waals surface area contributed by atoms with Crippen LogP contribution in [-0.2, 0) is 17.5 Å². The highest BCUT2D eigenvalue weighted by molar-refractivity contribution is 14.0. The third-order valence-corrected chi connectivity index (χ3v) is 3.76. The molecule has 0 aromatic carbocycles. The molecule has 0 unspecified atom stereocenters. The summed E-state index contributed by atoms with van der Waals surface area (Å²) in [5, 5.41) is 7.10. The number of rotatable bonds is 6. The minimum absolute atomic E-state index is 0. The van der Waals surface area contributed by atoms with Gasteiger partial charge in [0, 0.05) is 18.5 Å². The smallest absolute Gasteiger partial charge is 0.369 e. The lowest BCUT2D eigenvalue weighted by Crippen LogP contribution is -2.46. The van der Waals surface area contributed by atoms with Crippen molar-refractivity contribution in [2.24, 2.45) is 16.1 Å². The lowest BCUT2D eigenvalue weighted by Gasteiger charge is -2.22. The van der Waals surface area contributed by atoms with E-state index < -0.39 is 23.2 Å². The number of nitrogens with one attached hydrogen (secondary N) is 2. The van der Waals surface area contributed by atoms with Crippen LogP contribution in [0.15, 0.2) is 10.4 Å². The zero-order valence-electron chi connectivity index (χ0n) is 13.5. The van der Waals surface area contributed by atoms with Gasteiger partial charge in [0.2, 0.25) is 5.91 Å². The average molecular weight is 479 g/mol. The lowest BCUT2D eigenvalue weighted by atomic mass is 9.93. The molecule has 4 N–H and O–H groups in total. The van der Waals surface area contributed by atoms with Crippen LogP contribution in [0.4, 0.5) is 13.2 Å². The SMILES string of the molecule is CCNC(=NCc1nc(C(F)(F)F)cs1)NCC(C)(C)C(N)=O.I. The standard InChI is InChI=1S/C13H20F3N5OS.HI/c1-4-18-11(20-7-12(2,3)10(17)22)19-5-9-21-8(6-23-9)13(14,15)16;/h6H,4-5,7H2,1-3H3,(H2,17,22)(H2,18,19,20);1H. The first-order valence-corrected chi connectivity index (χ1v) is 7.78. The normalized spacial score (nSPS) is 12.5. The van der Waals surface area contributed by atoms with E-state index in [2.05, 4.69) is 20.6 Å². The van der Waals surface area contributed by atoms with Gasteiger partial charge in [-0.2, -0.15) is 13.2 Å². The summed E-state index contributed by atoms with van der Waals surface area (Å²) in [5.41, 5.74) is 3.59. The molecule has 0 radical (unpaired) electrons. The van der Waals surface area contributed by atoms with Gasteiger partial charge in [-0.3, -0.25) is 4.79 Å². The van der Waals surface area contributed by atoms with Gasteiger partial charge in [0.15, 0.2) is 11.7 Å². The molecule has 0 bridgehead atoms. The Morgan fingerprint density at radius 2 is 2.00 bits per heavy atom. The number of hydrogen-bond acceptors (Lipinski definition) is 4. The number of aliphatic imine (C=N–C) groups is 1. The third kappa shape index (κ3) is 7.20. The molecule has 138 valence electrons. The van der Waals surface area contributed by atoms with E-state index in [9.17, 15) is 18.0 Å². The molecule has 0 saturated heterocycles. The highest BCUT2D eigenvalue weighted by atomic mass is 127. The van der Waals surface area contributed by atoms with Crippen LogP contribution in [0.3, 0.4) is 0 Å². The first kappa shape index (κ1) is 22.9. The summed E-state index contributed by atoms with van der Waals surface area (Å²) in [4.78, 5) is 18.9. The van der Waals surface area contributed by atoms with Gasteiger partial charge in [0.05, 0.1) is 12.0 Å². The molecule has 11 heteroatoms. The molecular formula is C13H21F3IN5OS. The van der Waals surface area contributed by atoms with Crippen LogP contribution in [0, 0.1) is 5.41 Å². The number of thiazole rings is 1. The predicted molar refractivity (Wildman–Crippen MR) is 98.3 cm³/mol. The zero-order chi connectivity index (χ0) is 17.7. The van der Waals surface area contributed by atoms with Gasteiger partial charge in [-0.15, -0.1) is 35.3 Å². The molecule has 1 rings (SSSR count). The molecule has 6 nitrogen and oxygen atoms in total. The van der Waals surface area contributed by atoms with Crippen molar-refractivity contribution in [1.29, 1.82) is 0 Å². The molecule has 1 heterocycles. The van der Waals surface area contributed by atoms with E-state index in [0.717, 1.165) is 16.7 Å². The molecular weight excluding hydrogens is 458 g/mol. The van der Waals surface area contributed by atoms with Gasteiger partial charge in [-0.1, -0.05) is 0 Å². The monoisotopic (exact) mass is 479 g/mol. The fourth-order valence-corrected chi connectivity index (χ4v) is 2.12. The van der Waals surface area contributed by atoms with Crippen molar-refractivity contribution < 1.29 is 18.0 Å². The molecule has 1 aromatic rings. The Kier molecular flexibility index (Phi) is 8.96. The summed E-state index contributed by atoms with van der Waals surface area (Å²) in [7, 11) is 0. The average Bonchev–Trinajstić information content (AvgIpc) is 2.90. The van der Waals surface area contributed by atoms with Gasteiger partial charge < -0.3 is 16.4 Å². The van der Waals surface area contributed by atoms with Gasteiger partial charge in [0.1, 0.15) is 5.01 Å². The number of hydrogen-bond donors (Lipinski definition) is 3. The number of alkyl halides is 3. The molecule has 0 saturated carbocycles. The van der Waals surface area contributed by atoms with Crippen molar-refractivity contribution >= 4 is 47.2 Å². The maximum absolute atomic E-state index is 12.5. The van der Waals surface area contributed by atoms with Crippen molar-refractivity contribution in [3.63, 3.8) is 0 Å². The molecule has 0 spiro atoms. The number of primary amides is 1. The largest absolute Gasteiger partial charge is 0.434 e. The molecule has 1 amide bonds. The van der Waals surface area contributed by atoms with Crippen LogP contribution in [0.1, 0.15) is 31.5 Å². The highest BCUT2D eigenvalue weighted by Crippen LogP contribution is 2.30. The van der Waals surface area contributed by atoms with Crippen LogP contribution in [0.5, 0.6) is 0 Å². The molecule has 0 aliphatic carbocycles. The Morgan fingerprint density at radius 3 is 2.46 bits per heavy atom. The van der Waals surface area contributed by atoms with Gasteiger partial charge in [-0.05, 0) is 20.8 Å². The van der Waals surface area contributed by atoms with Gasteiger partial charge in [-0.25, -0.2) is 9.98 Å². The Balaban J connectivity index is 0.00000529. The van der Waals surface area contributed by atoms with Crippen molar-refractivity contribution in [2.45, 2.75) is 33.5 Å². The van der Waals surface area contributed by atoms with Crippen molar-refractivity contribution in [3.8, 4) is 0 Å². The molecule has 0 atom stereocenters. The fourth-order valence-electron chi connectivity index (χ4n) is 1.39. The maximum Gasteiger partial charge on any atom is 0.434 e. The zero-order valence-corrected chi connectivity index (χ0v) is 16.7. The van der Waals surface area contributed by atoms with E-state index in [0.29, 0.717) is 12.5 Å². The van der Waals surface area contributed by atoms with E-state index >= 15 is 0 Å². The Labute approximate surface area is 159 Å². The quantitative estimate of drug-likeness (QED) is 0.332. The number of aromatic nitrogens is 1. The molecule has 1 aromatic heterocycles. The Morgan fingerprint density at radius 1 is 1.38 bits per heavy atom. The van der Waals surface area contributed by atoms with Crippen molar-refractivity contribution in [2.75, 3.05) is 13.1 Å². The number of carbonyl (C=O) groups is 1. The second kappa shape index (κ2) is 9.39. The van der Waals surface area contributed by atoms with E-state index in [1.807, 2.05) is 6.92 Å². The van der Waals surface area contributed by atoms with Crippen molar-refractivity contribution in [3.05, 3.63) is 16.1 Å². The molecule has 24 heavy (non-hydrogen) atoms. The first-order chi connectivity index (χ1) is 10.6. The van der Waals surface area contributed by atoms with Crippen molar-refractivity contribution in [1.82, 2.24) is 15.6 Å². The summed E-state index contributed by atoms with van der Waals surface area (Å²) in [5.74, 6) is -0.0822. The van der Waals surface area contributed by atoms with Crippen LogP contribution >= 0.6 is 35.3 Å². The van der Waals surface area contributed by atoms with Gasteiger partial charge in [0.25, 0.3) is 0 Å². The van der Waals surface area contributed by atoms with E-state index in [1.165, 1.54) is 0 Å². The molecule has 0 aliphatic heterocycles. The van der Waals surface area contributed by atoms with Crippen LogP contribution in [0.2, 0.25) is 0 Å². The highest BCUT2D eigenvalue weighted by Gasteiger charge is 2.33. The Bertz CT molecular complexity index is 574. The number of nitrogens with zero attached hydrogens (tertiary/aromatic N) is 2. The molecule has 0 aliphatic rings. The fraction of sp³-hybridized carbons (Fsp3) is 0.615. The van der Waals surface area contributed by atoms with E-state index in [1.54, 1.807) is 13.8 Å².